The molecule has 0 radical (unpaired) electrons. The Hall–Kier alpha value is -9.02. The Morgan fingerprint density at radius 2 is 1.28 bits per heavy atom. The molecule has 2 aromatic heterocycles. The zero-order valence-corrected chi connectivity index (χ0v) is 56.8. The Morgan fingerprint density at radius 3 is 1.92 bits per heavy atom. The lowest BCUT2D eigenvalue weighted by atomic mass is 9.95. The van der Waals surface area contributed by atoms with E-state index >= 15 is 14.4 Å². The van der Waals surface area contributed by atoms with Gasteiger partial charge in [0.1, 0.15) is 65.2 Å². The number of halogens is 2. The summed E-state index contributed by atoms with van der Waals surface area (Å²) in [6, 6.07) is 12.7. The van der Waals surface area contributed by atoms with Crippen molar-refractivity contribution in [3.05, 3.63) is 137 Å². The molecule has 3 aliphatic heterocycles. The number of unbranched alkanes of at least 4 members (excludes halogenated alkanes) is 1. The summed E-state index contributed by atoms with van der Waals surface area (Å²) in [6.45, 7) is 5.03. The van der Waals surface area contributed by atoms with E-state index in [1.54, 1.807) is 31.5 Å². The maximum atomic E-state index is 15.4. The predicted molar refractivity (Wildman–Crippen MR) is 369 cm³/mol. The Bertz CT molecular complexity index is 3890. The number of primary amides is 1. The summed E-state index contributed by atoms with van der Waals surface area (Å²) in [5, 5.41) is 30.5. The predicted octanol–water partition coefficient (Wildman–Crippen LogP) is 4.29. The lowest BCUT2D eigenvalue weighted by Gasteiger charge is -2.37. The highest BCUT2D eigenvalue weighted by Crippen LogP contribution is 2.32. The largest absolute Gasteiger partial charge is 0.508 e. The van der Waals surface area contributed by atoms with E-state index in [0.717, 1.165) is 11.1 Å². The van der Waals surface area contributed by atoms with Crippen molar-refractivity contribution in [2.45, 2.75) is 157 Å². The summed E-state index contributed by atoms with van der Waals surface area (Å²) < 4.78 is 29.9. The van der Waals surface area contributed by atoms with Gasteiger partial charge in [-0.15, -0.1) is 0 Å². The van der Waals surface area contributed by atoms with Crippen LogP contribution < -0.4 is 48.7 Å². The lowest BCUT2D eigenvalue weighted by molar-refractivity contribution is -0.147. The normalized spacial score (nSPS) is 23.8. The molecule has 10 amide bonds. The van der Waals surface area contributed by atoms with Crippen molar-refractivity contribution < 1.29 is 61.8 Å². The van der Waals surface area contributed by atoms with Gasteiger partial charge in [-0.1, -0.05) is 50.2 Å². The van der Waals surface area contributed by atoms with Crippen LogP contribution in [0.1, 0.15) is 106 Å². The van der Waals surface area contributed by atoms with Crippen molar-refractivity contribution in [3.63, 3.8) is 0 Å². The van der Waals surface area contributed by atoms with Gasteiger partial charge in [-0.05, 0) is 147 Å². The van der Waals surface area contributed by atoms with E-state index < -0.39 is 125 Å². The number of aromatic hydroxyl groups is 1. The first-order valence-electron chi connectivity index (χ1n) is 33.2. The molecule has 0 unspecified atom stereocenters. The molecule has 2 bridgehead atoms. The fourth-order valence-corrected chi connectivity index (χ4v) is 14.8. The first-order valence-corrected chi connectivity index (χ1v) is 35.5. The van der Waals surface area contributed by atoms with Gasteiger partial charge in [0, 0.05) is 96.0 Å². The van der Waals surface area contributed by atoms with E-state index in [1.165, 1.54) is 81.9 Å². The van der Waals surface area contributed by atoms with E-state index in [0.29, 0.717) is 88.0 Å². The molecule has 0 saturated carbocycles. The number of hydrogen-bond acceptors (Lipinski definition) is 14. The van der Waals surface area contributed by atoms with Gasteiger partial charge in [0.25, 0.3) is 0 Å². The highest BCUT2D eigenvalue weighted by molar-refractivity contribution is 7.98. The SMILES string of the molecule is CC(C)C[C@@H]1NC(=O)[C@@H]2CCCN2C(=O)[C@H](Cc2c[nH]c3ccc(F)cc23)NC(=O)[C@H](Cc2c[nH]c3ccc(F)cc23)NC(=O)CNC(=O)[C@H](CCCCN)NC(=O)CCSCc2cccc(c2)CSC[C@@H](C(N)=O)NC(=O)[C@]2(C)CCCN2C(=O)[C@H](Cc2ccc(O)cc2)NC1=O. The first-order chi connectivity index (χ1) is 47.0. The number of nitrogens with zero attached hydrogens (tertiary/aromatic N) is 2. The van der Waals surface area contributed by atoms with E-state index in [2.05, 4.69) is 47.2 Å². The molecule has 3 aliphatic rings. The number of thioether (sulfide) groups is 2. The molecule has 24 nitrogen and oxygen atoms in total. The summed E-state index contributed by atoms with van der Waals surface area (Å²) in [6.07, 6.45) is 4.77. The third-order valence-electron chi connectivity index (χ3n) is 18.1. The molecular formula is C70H87F2N13O11S2. The molecule has 28 heteroatoms. The second kappa shape index (κ2) is 34.0. The van der Waals surface area contributed by atoms with Crippen LogP contribution in [0.4, 0.5) is 8.78 Å². The number of aromatic nitrogens is 2. The summed E-state index contributed by atoms with van der Waals surface area (Å²) in [4.78, 5) is 154. The molecule has 4 aromatic carbocycles. The average molecular weight is 1390 g/mol. The van der Waals surface area contributed by atoms with Gasteiger partial charge in [0.2, 0.25) is 59.1 Å². The standard InChI is InChI=1S/C70H87F2N13O11S2/c1-40(2)27-54-64(91)81-56(29-41-13-17-48(86)18-14-41)68(95)85-25-8-22-70(85,3)69(96)83-58(62(74)89)39-98-38-43-10-6-9-42(28-43)37-97-26-21-60(87)78-53(11-4-5-23-73)63(90)77-36-61(88)79-55(30-44-34-75-51-19-15-46(71)32-49(44)51)65(92)82-57(67(94)84-24-7-12-59(84)66(93)80-54)31-45-35-76-52-20-16-47(72)33-50(45)52/h6,9-10,13-20,28,32-35,40,53-59,75-76,86H,4-5,7-8,11-12,21-27,29-31,36-39,73H2,1-3H3,(H2,74,89)(H,77,90)(H,78,87)(H,79,88)(H,80,93)(H,81,91)(H,82,92)(H,83,96)/t53-,54-,55-,56-,57-,58-,59-,70-/m0/s1. The number of carbonyl (C=O) groups excluding carboxylic acids is 10. The number of amides is 10. The number of carbonyl (C=O) groups is 10. The minimum absolute atomic E-state index is 0.0129. The zero-order chi connectivity index (χ0) is 70.2. The first kappa shape index (κ1) is 73.2. The van der Waals surface area contributed by atoms with Crippen molar-refractivity contribution in [2.75, 3.05) is 37.7 Å². The van der Waals surface area contributed by atoms with Gasteiger partial charge in [0.05, 0.1) is 6.54 Å². The molecular weight excluding hydrogens is 1300 g/mol. The average Bonchev–Trinajstić information content (AvgIpc) is 1.59. The van der Waals surface area contributed by atoms with Crippen LogP contribution >= 0.6 is 23.5 Å². The number of nitrogens with one attached hydrogen (secondary N) is 9. The molecule has 0 spiro atoms. The van der Waals surface area contributed by atoms with Crippen molar-refractivity contribution >= 4 is 104 Å². The molecule has 2 fully saturated rings. The minimum Gasteiger partial charge on any atom is -0.508 e. The van der Waals surface area contributed by atoms with Crippen molar-refractivity contribution in [3.8, 4) is 5.75 Å². The molecule has 98 heavy (non-hydrogen) atoms. The highest BCUT2D eigenvalue weighted by Gasteiger charge is 2.49. The minimum atomic E-state index is -1.52. The van der Waals surface area contributed by atoms with Crippen LogP contribution in [0.15, 0.2) is 97.3 Å². The second-order valence-electron chi connectivity index (χ2n) is 26.0. The number of hydrogen-bond donors (Lipinski definition) is 12. The van der Waals surface area contributed by atoms with Gasteiger partial charge >= 0.3 is 0 Å². The molecule has 8 atom stereocenters. The summed E-state index contributed by atoms with van der Waals surface area (Å²) >= 11 is 2.86. The highest BCUT2D eigenvalue weighted by atomic mass is 32.2. The number of H-pyrrole nitrogens is 2. The third-order valence-corrected chi connectivity index (χ3v) is 20.2. The smallest absolute Gasteiger partial charge is 0.246 e. The summed E-state index contributed by atoms with van der Waals surface area (Å²) in [5.41, 5.74) is 14.4. The van der Waals surface area contributed by atoms with Gasteiger partial charge in [0.15, 0.2) is 0 Å². The lowest BCUT2D eigenvalue weighted by Crippen LogP contribution is -2.63. The van der Waals surface area contributed by atoms with Gasteiger partial charge in [-0.2, -0.15) is 23.5 Å². The van der Waals surface area contributed by atoms with Crippen molar-refractivity contribution in [2.24, 2.45) is 17.4 Å². The van der Waals surface area contributed by atoms with Crippen LogP contribution in [0, 0.1) is 17.6 Å². The fourth-order valence-electron chi connectivity index (χ4n) is 12.8. The van der Waals surface area contributed by atoms with Crippen molar-refractivity contribution in [1.82, 2.24) is 57.0 Å². The maximum absolute atomic E-state index is 15.4. The molecule has 0 aliphatic carbocycles. The number of fused-ring (bicyclic) bond motifs is 6. The van der Waals surface area contributed by atoms with Gasteiger partial charge < -0.3 is 73.6 Å². The van der Waals surface area contributed by atoms with Crippen molar-refractivity contribution in [1.29, 1.82) is 0 Å². The molecule has 5 heterocycles. The monoisotopic (exact) mass is 1390 g/mol. The number of rotatable bonds is 13. The summed E-state index contributed by atoms with van der Waals surface area (Å²) in [7, 11) is 0. The molecule has 9 rings (SSSR count). The van der Waals surface area contributed by atoms with Crippen LogP contribution in [-0.2, 0) is 78.7 Å². The van der Waals surface area contributed by atoms with Crippen LogP contribution in [0.3, 0.4) is 0 Å². The maximum Gasteiger partial charge on any atom is 0.246 e. The Morgan fingerprint density at radius 1 is 0.663 bits per heavy atom. The third kappa shape index (κ3) is 19.2. The Labute approximate surface area is 575 Å². The Balaban J connectivity index is 1.04. The van der Waals surface area contributed by atoms with E-state index in [1.807, 2.05) is 38.1 Å². The number of phenolic OH excluding ortho intramolecular Hbond substituents is 1. The van der Waals surface area contributed by atoms with Crippen LogP contribution in [0.25, 0.3) is 21.8 Å². The van der Waals surface area contributed by atoms with E-state index in [4.69, 9.17) is 11.5 Å². The van der Waals surface area contributed by atoms with E-state index in [-0.39, 0.29) is 81.9 Å². The van der Waals surface area contributed by atoms with E-state index in [9.17, 15) is 47.4 Å². The van der Waals surface area contributed by atoms with Gasteiger partial charge in [-0.25, -0.2) is 8.78 Å². The summed E-state index contributed by atoms with van der Waals surface area (Å²) in [5.74, 6) is -7.11. The number of phenols is 1. The van der Waals surface area contributed by atoms with Crippen LogP contribution in [0.2, 0.25) is 0 Å². The molecule has 524 valence electrons. The molecule has 6 aromatic rings. The Kier molecular flexibility index (Phi) is 25.4. The zero-order valence-electron chi connectivity index (χ0n) is 55.1. The van der Waals surface area contributed by atoms with Gasteiger partial charge in [-0.3, -0.25) is 47.9 Å². The van der Waals surface area contributed by atoms with Crippen LogP contribution in [0.5, 0.6) is 5.75 Å². The number of aromatic amines is 2. The molecule has 14 N–H and O–H groups in total. The second-order valence-corrected chi connectivity index (χ2v) is 28.1. The quantitative estimate of drug-likeness (QED) is 0.0718. The van der Waals surface area contributed by atoms with Crippen LogP contribution in [-0.4, -0.2) is 169 Å². The molecule has 2 saturated heterocycles. The fraction of sp³-hybridized carbons (Fsp3) is 0.457. The number of benzene rings is 4. The topological polar surface area (TPSA) is 365 Å². The number of nitrogens with two attached hydrogens (primary N) is 2.